The van der Waals surface area contributed by atoms with Gasteiger partial charge in [0, 0.05) is 17.9 Å². The van der Waals surface area contributed by atoms with Crippen LogP contribution in [0.4, 0.5) is 0 Å². The summed E-state index contributed by atoms with van der Waals surface area (Å²) in [5, 5.41) is 14.5. The number of esters is 1. The molecule has 0 aromatic heterocycles. The highest BCUT2D eigenvalue weighted by Gasteiger charge is 2.51. The van der Waals surface area contributed by atoms with Gasteiger partial charge in [-0.15, -0.1) is 0 Å². The van der Waals surface area contributed by atoms with Crippen molar-refractivity contribution in [1.82, 2.24) is 5.32 Å². The highest BCUT2D eigenvalue weighted by molar-refractivity contribution is 5.95. The third-order valence-corrected chi connectivity index (χ3v) is 8.32. The number of rotatable bonds is 5. The first-order valence-electron chi connectivity index (χ1n) is 12.4. The minimum atomic E-state index is -0.500. The number of hydrogen-bond donors (Lipinski definition) is 2. The lowest BCUT2D eigenvalue weighted by atomic mass is 9.76. The van der Waals surface area contributed by atoms with Crippen molar-refractivity contribution >= 4 is 22.6 Å². The van der Waals surface area contributed by atoms with Crippen LogP contribution >= 0.6 is 0 Å². The van der Waals surface area contributed by atoms with Crippen molar-refractivity contribution in [1.29, 1.82) is 0 Å². The fraction of sp³-hybridized carbons (Fsp3) is 0.571. The highest BCUT2D eigenvalue weighted by atomic mass is 16.5. The SMILES string of the molecule is CC(C)C1C[C@@H](NC(=O)CO)C(C)[C@@H]2CC[C@@H](C)[C@H]2[C@@H]1OC(=O)c1ccc2ccccc2c1. The maximum Gasteiger partial charge on any atom is 0.338 e. The van der Waals surface area contributed by atoms with Gasteiger partial charge >= 0.3 is 5.97 Å². The number of fused-ring (bicyclic) bond motifs is 2. The average molecular weight is 452 g/mol. The number of carbonyl (C=O) groups is 2. The van der Waals surface area contributed by atoms with Crippen LogP contribution in [0.1, 0.15) is 57.3 Å². The minimum Gasteiger partial charge on any atom is -0.458 e. The first kappa shape index (κ1) is 23.7. The molecule has 0 aliphatic heterocycles. The Balaban J connectivity index is 1.65. The molecule has 2 N–H and O–H groups in total. The normalized spacial score (nSPS) is 31.8. The standard InChI is InChI=1S/C28H37NO4/c1-16(2)23-14-24(29-25(31)15-30)18(4)22-12-9-17(3)26(22)27(23)33-28(32)21-11-10-19-7-5-6-8-20(19)13-21/h5-8,10-11,13,16-18,22-24,26-27,30H,9,12,14-15H2,1-4H3,(H,29,31)/t17-,18?,22+,23?,24-,26-,27-/m1/s1. The summed E-state index contributed by atoms with van der Waals surface area (Å²) in [4.78, 5) is 25.5. The number of amides is 1. The van der Waals surface area contributed by atoms with Gasteiger partial charge in [0.15, 0.2) is 0 Å². The lowest BCUT2D eigenvalue weighted by Crippen LogP contribution is -2.43. The van der Waals surface area contributed by atoms with Crippen molar-refractivity contribution in [3.63, 3.8) is 0 Å². The Hall–Kier alpha value is -2.40. The summed E-state index contributed by atoms with van der Waals surface area (Å²) >= 11 is 0. The molecule has 2 unspecified atom stereocenters. The minimum absolute atomic E-state index is 0.0285. The second kappa shape index (κ2) is 9.84. The van der Waals surface area contributed by atoms with E-state index >= 15 is 0 Å². The topological polar surface area (TPSA) is 75.6 Å². The van der Waals surface area contributed by atoms with Gasteiger partial charge in [0.1, 0.15) is 12.7 Å². The van der Waals surface area contributed by atoms with Crippen LogP contribution in [0.15, 0.2) is 42.5 Å². The van der Waals surface area contributed by atoms with Crippen LogP contribution < -0.4 is 5.32 Å². The predicted octanol–water partition coefficient (Wildman–Crippen LogP) is 4.82. The fourth-order valence-electron chi connectivity index (χ4n) is 6.44. The summed E-state index contributed by atoms with van der Waals surface area (Å²) in [7, 11) is 0. The first-order chi connectivity index (χ1) is 15.8. The van der Waals surface area contributed by atoms with Crippen molar-refractivity contribution in [2.24, 2.45) is 35.5 Å². The molecule has 0 bridgehead atoms. The highest BCUT2D eigenvalue weighted by Crippen LogP contribution is 2.51. The third-order valence-electron chi connectivity index (χ3n) is 8.32. The van der Waals surface area contributed by atoms with Crippen LogP contribution in [0.3, 0.4) is 0 Å². The van der Waals surface area contributed by atoms with Gasteiger partial charge in [-0.2, -0.15) is 0 Å². The zero-order valence-electron chi connectivity index (χ0n) is 20.2. The van der Waals surface area contributed by atoms with Crippen LogP contribution in [0.5, 0.6) is 0 Å². The molecule has 2 aromatic carbocycles. The second-order valence-electron chi connectivity index (χ2n) is 10.6. The summed E-state index contributed by atoms with van der Waals surface area (Å²) in [5.74, 6) is 1.21. The Bertz CT molecular complexity index is 1000. The number of ether oxygens (including phenoxy) is 1. The van der Waals surface area contributed by atoms with Crippen LogP contribution in [-0.2, 0) is 9.53 Å². The van der Waals surface area contributed by atoms with Crippen LogP contribution in [0.25, 0.3) is 10.8 Å². The molecule has 2 aliphatic rings. The van der Waals surface area contributed by atoms with Gasteiger partial charge < -0.3 is 15.2 Å². The van der Waals surface area contributed by atoms with Crippen molar-refractivity contribution in [3.05, 3.63) is 48.0 Å². The number of aliphatic hydroxyl groups excluding tert-OH is 1. The van der Waals surface area contributed by atoms with Crippen molar-refractivity contribution in [2.75, 3.05) is 6.61 Å². The monoisotopic (exact) mass is 451 g/mol. The quantitative estimate of drug-likeness (QED) is 0.640. The van der Waals surface area contributed by atoms with E-state index in [0.29, 0.717) is 23.3 Å². The summed E-state index contributed by atoms with van der Waals surface area (Å²) in [6, 6.07) is 13.7. The smallest absolute Gasteiger partial charge is 0.338 e. The lowest BCUT2D eigenvalue weighted by Gasteiger charge is -2.36. The molecule has 5 heteroatoms. The molecule has 178 valence electrons. The van der Waals surface area contributed by atoms with Gasteiger partial charge in [0.2, 0.25) is 5.91 Å². The van der Waals surface area contributed by atoms with Crippen LogP contribution in [0, 0.1) is 35.5 Å². The molecule has 2 saturated carbocycles. The molecule has 0 radical (unpaired) electrons. The van der Waals surface area contributed by atoms with E-state index in [4.69, 9.17) is 4.74 Å². The van der Waals surface area contributed by atoms with Crippen molar-refractivity contribution in [3.8, 4) is 0 Å². The first-order valence-corrected chi connectivity index (χ1v) is 12.4. The van der Waals surface area contributed by atoms with Gasteiger partial charge in [0.25, 0.3) is 0 Å². The average Bonchev–Trinajstić information content (AvgIpc) is 3.15. The molecule has 7 atom stereocenters. The van der Waals surface area contributed by atoms with E-state index in [0.717, 1.165) is 30.0 Å². The zero-order valence-corrected chi connectivity index (χ0v) is 20.2. The van der Waals surface area contributed by atoms with Gasteiger partial charge in [-0.25, -0.2) is 4.79 Å². The van der Waals surface area contributed by atoms with Gasteiger partial charge in [-0.05, 0) is 59.4 Å². The summed E-state index contributed by atoms with van der Waals surface area (Å²) in [6.07, 6.45) is 2.74. The van der Waals surface area contributed by atoms with Gasteiger partial charge in [-0.3, -0.25) is 4.79 Å². The molecular formula is C28H37NO4. The molecule has 0 spiro atoms. The number of aliphatic hydroxyl groups is 1. The summed E-state index contributed by atoms with van der Waals surface area (Å²) < 4.78 is 6.39. The Labute approximate surface area is 196 Å². The molecule has 2 fully saturated rings. The number of benzene rings is 2. The largest absolute Gasteiger partial charge is 0.458 e. The number of nitrogens with one attached hydrogen (secondary N) is 1. The van der Waals surface area contributed by atoms with E-state index < -0.39 is 6.61 Å². The molecule has 2 aromatic rings. The number of carbonyl (C=O) groups excluding carboxylic acids is 2. The Morgan fingerprint density at radius 1 is 1.09 bits per heavy atom. The van der Waals surface area contributed by atoms with E-state index in [1.54, 1.807) is 0 Å². The van der Waals surface area contributed by atoms with E-state index in [1.807, 2.05) is 42.5 Å². The third kappa shape index (κ3) is 4.79. The lowest BCUT2D eigenvalue weighted by molar-refractivity contribution is -0.125. The van der Waals surface area contributed by atoms with Crippen LogP contribution in [0.2, 0.25) is 0 Å². The molecular weight excluding hydrogens is 414 g/mol. The van der Waals surface area contributed by atoms with Crippen molar-refractivity contribution < 1.29 is 19.4 Å². The van der Waals surface area contributed by atoms with E-state index in [-0.39, 0.29) is 41.8 Å². The number of hydrogen-bond acceptors (Lipinski definition) is 4. The Morgan fingerprint density at radius 2 is 1.82 bits per heavy atom. The fourth-order valence-corrected chi connectivity index (χ4v) is 6.44. The molecule has 1 amide bonds. The molecule has 0 saturated heterocycles. The van der Waals surface area contributed by atoms with E-state index in [1.165, 1.54) is 0 Å². The predicted molar refractivity (Wildman–Crippen MR) is 130 cm³/mol. The molecule has 0 heterocycles. The summed E-state index contributed by atoms with van der Waals surface area (Å²) in [5.41, 5.74) is 0.584. The van der Waals surface area contributed by atoms with Gasteiger partial charge in [0.05, 0.1) is 5.56 Å². The van der Waals surface area contributed by atoms with Crippen LogP contribution in [-0.4, -0.2) is 35.7 Å². The van der Waals surface area contributed by atoms with E-state index in [9.17, 15) is 14.7 Å². The van der Waals surface area contributed by atoms with Crippen molar-refractivity contribution in [2.45, 2.75) is 59.1 Å². The second-order valence-corrected chi connectivity index (χ2v) is 10.6. The maximum atomic E-state index is 13.4. The molecule has 33 heavy (non-hydrogen) atoms. The molecule has 5 nitrogen and oxygen atoms in total. The molecule has 2 aliphatic carbocycles. The summed E-state index contributed by atoms with van der Waals surface area (Å²) in [6.45, 7) is 8.34. The zero-order chi connectivity index (χ0) is 23.7. The maximum absolute atomic E-state index is 13.4. The Kier molecular flexibility index (Phi) is 7.08. The van der Waals surface area contributed by atoms with Gasteiger partial charge in [-0.1, -0.05) is 64.4 Å². The Morgan fingerprint density at radius 3 is 2.52 bits per heavy atom. The van der Waals surface area contributed by atoms with E-state index in [2.05, 4.69) is 33.0 Å². The molecule has 4 rings (SSSR count).